The van der Waals surface area contributed by atoms with Crippen LogP contribution in [0.5, 0.6) is 0 Å². The molecule has 2 aromatic carbocycles. The summed E-state index contributed by atoms with van der Waals surface area (Å²) in [6, 6.07) is 9.96. The third kappa shape index (κ3) is 4.79. The van der Waals surface area contributed by atoms with Gasteiger partial charge in [0.2, 0.25) is 5.91 Å². The Morgan fingerprint density at radius 1 is 1.14 bits per heavy atom. The number of benzene rings is 2. The van der Waals surface area contributed by atoms with E-state index in [4.69, 9.17) is 27.9 Å². The molecular formula is C19H15Cl2FN2O4. The minimum Gasteiger partial charge on any atom is -0.455 e. The van der Waals surface area contributed by atoms with Crippen LogP contribution in [0.3, 0.4) is 0 Å². The van der Waals surface area contributed by atoms with E-state index >= 15 is 0 Å². The van der Waals surface area contributed by atoms with Gasteiger partial charge in [0.15, 0.2) is 6.61 Å². The molecule has 1 N–H and O–H groups in total. The highest BCUT2D eigenvalue weighted by molar-refractivity contribution is 6.42. The van der Waals surface area contributed by atoms with Gasteiger partial charge in [0.1, 0.15) is 5.82 Å². The molecule has 0 radical (unpaired) electrons. The van der Waals surface area contributed by atoms with E-state index < -0.39 is 30.2 Å². The molecule has 1 saturated heterocycles. The Hall–Kier alpha value is -2.64. The number of anilines is 2. The van der Waals surface area contributed by atoms with E-state index in [9.17, 15) is 18.8 Å². The van der Waals surface area contributed by atoms with Crippen molar-refractivity contribution in [2.75, 3.05) is 23.4 Å². The van der Waals surface area contributed by atoms with E-state index in [1.54, 1.807) is 6.07 Å². The Morgan fingerprint density at radius 3 is 2.54 bits per heavy atom. The summed E-state index contributed by atoms with van der Waals surface area (Å²) in [4.78, 5) is 37.7. The number of carbonyl (C=O) groups is 3. The number of carbonyl (C=O) groups excluding carboxylic acids is 3. The molecule has 2 amide bonds. The van der Waals surface area contributed by atoms with Crippen LogP contribution in [0.25, 0.3) is 0 Å². The molecule has 2 aromatic rings. The molecule has 0 aromatic heterocycles. The number of ether oxygens (including phenoxy) is 1. The Kier molecular flexibility index (Phi) is 6.16. The van der Waals surface area contributed by atoms with Gasteiger partial charge in [-0.25, -0.2) is 4.39 Å². The number of esters is 1. The van der Waals surface area contributed by atoms with Crippen LogP contribution >= 0.6 is 23.2 Å². The molecule has 0 aliphatic carbocycles. The average Bonchev–Trinajstić information content (AvgIpc) is 3.05. The van der Waals surface area contributed by atoms with Gasteiger partial charge >= 0.3 is 5.97 Å². The number of rotatable bonds is 5. The fraction of sp³-hybridized carbons (Fsp3) is 0.211. The molecule has 1 fully saturated rings. The van der Waals surface area contributed by atoms with E-state index in [-0.39, 0.29) is 23.9 Å². The second kappa shape index (κ2) is 8.58. The molecule has 6 nitrogen and oxygen atoms in total. The number of halogens is 3. The monoisotopic (exact) mass is 424 g/mol. The van der Waals surface area contributed by atoms with Crippen molar-refractivity contribution < 1.29 is 23.5 Å². The molecule has 1 aliphatic heterocycles. The van der Waals surface area contributed by atoms with Crippen molar-refractivity contribution >= 4 is 52.4 Å². The van der Waals surface area contributed by atoms with E-state index in [2.05, 4.69) is 5.32 Å². The smallest absolute Gasteiger partial charge is 0.311 e. The Labute approximate surface area is 170 Å². The van der Waals surface area contributed by atoms with Crippen molar-refractivity contribution in [3.8, 4) is 0 Å². The first-order valence-electron chi connectivity index (χ1n) is 8.31. The maximum absolute atomic E-state index is 13.0. The first kappa shape index (κ1) is 20.1. The van der Waals surface area contributed by atoms with Crippen molar-refractivity contribution in [3.05, 3.63) is 58.3 Å². The van der Waals surface area contributed by atoms with Crippen LogP contribution in [-0.2, 0) is 19.1 Å². The Morgan fingerprint density at radius 2 is 1.86 bits per heavy atom. The molecule has 1 atom stereocenters. The van der Waals surface area contributed by atoms with Gasteiger partial charge in [-0.2, -0.15) is 0 Å². The molecular weight excluding hydrogens is 410 g/mol. The topological polar surface area (TPSA) is 75.7 Å². The normalized spacial score (nSPS) is 16.2. The standard InChI is InChI=1S/C19H15Cl2FN2O4/c20-15-6-3-13(8-16(15)21)23-17(25)10-28-19(27)11-7-18(26)24(9-11)14-4-1-12(22)2-5-14/h1-6,8,11H,7,9-10H2,(H,23,25)/t11-/m0/s1. The molecule has 0 spiro atoms. The summed E-state index contributed by atoms with van der Waals surface area (Å²) >= 11 is 11.7. The predicted octanol–water partition coefficient (Wildman–Crippen LogP) is 3.67. The van der Waals surface area contributed by atoms with Crippen molar-refractivity contribution in [1.29, 1.82) is 0 Å². The quantitative estimate of drug-likeness (QED) is 0.742. The fourth-order valence-corrected chi connectivity index (χ4v) is 3.06. The first-order chi connectivity index (χ1) is 13.3. The van der Waals surface area contributed by atoms with Gasteiger partial charge in [-0.3, -0.25) is 14.4 Å². The minimum atomic E-state index is -0.699. The third-order valence-corrected chi connectivity index (χ3v) is 4.88. The zero-order chi connectivity index (χ0) is 20.3. The minimum absolute atomic E-state index is 0.0371. The molecule has 1 heterocycles. The molecule has 9 heteroatoms. The maximum Gasteiger partial charge on any atom is 0.311 e. The van der Waals surface area contributed by atoms with Gasteiger partial charge in [0.05, 0.1) is 16.0 Å². The predicted molar refractivity (Wildman–Crippen MR) is 103 cm³/mol. The Balaban J connectivity index is 1.52. The highest BCUT2D eigenvalue weighted by Crippen LogP contribution is 2.26. The van der Waals surface area contributed by atoms with Crippen LogP contribution < -0.4 is 10.2 Å². The highest BCUT2D eigenvalue weighted by atomic mass is 35.5. The zero-order valence-corrected chi connectivity index (χ0v) is 16.0. The number of nitrogens with zero attached hydrogens (tertiary/aromatic N) is 1. The summed E-state index contributed by atoms with van der Waals surface area (Å²) in [5.41, 5.74) is 0.910. The van der Waals surface area contributed by atoms with Crippen LogP contribution in [0.2, 0.25) is 10.0 Å². The lowest BCUT2D eigenvalue weighted by Crippen LogP contribution is -2.28. The third-order valence-electron chi connectivity index (χ3n) is 4.15. The summed E-state index contributed by atoms with van der Waals surface area (Å²) in [5, 5.41) is 3.16. The molecule has 0 saturated carbocycles. The molecule has 28 heavy (non-hydrogen) atoms. The Bertz CT molecular complexity index is 921. The summed E-state index contributed by atoms with van der Waals surface area (Å²) in [5.74, 6) is -2.59. The van der Waals surface area contributed by atoms with Crippen molar-refractivity contribution in [2.24, 2.45) is 5.92 Å². The summed E-state index contributed by atoms with van der Waals surface area (Å²) in [7, 11) is 0. The van der Waals surface area contributed by atoms with Gasteiger partial charge in [-0.15, -0.1) is 0 Å². The lowest BCUT2D eigenvalue weighted by molar-refractivity contribution is -0.151. The summed E-state index contributed by atoms with van der Waals surface area (Å²) in [6.45, 7) is -0.391. The number of hydrogen-bond acceptors (Lipinski definition) is 4. The van der Waals surface area contributed by atoms with Crippen molar-refractivity contribution in [1.82, 2.24) is 0 Å². The first-order valence-corrected chi connectivity index (χ1v) is 9.06. The molecule has 0 unspecified atom stereocenters. The van der Waals surface area contributed by atoms with Gasteiger partial charge in [-0.1, -0.05) is 23.2 Å². The lowest BCUT2D eigenvalue weighted by atomic mass is 10.1. The van der Waals surface area contributed by atoms with Gasteiger partial charge < -0.3 is 15.0 Å². The number of hydrogen-bond donors (Lipinski definition) is 1. The van der Waals surface area contributed by atoms with E-state index in [1.165, 1.54) is 41.3 Å². The number of amides is 2. The zero-order valence-electron chi connectivity index (χ0n) is 14.5. The van der Waals surface area contributed by atoms with Gasteiger partial charge in [0, 0.05) is 24.3 Å². The fourth-order valence-electron chi connectivity index (χ4n) is 2.76. The van der Waals surface area contributed by atoms with E-state index in [1.807, 2.05) is 0 Å². The number of nitrogens with one attached hydrogen (secondary N) is 1. The summed E-state index contributed by atoms with van der Waals surface area (Å²) in [6.07, 6.45) is -0.0371. The largest absolute Gasteiger partial charge is 0.455 e. The van der Waals surface area contributed by atoms with Crippen LogP contribution in [-0.4, -0.2) is 30.9 Å². The molecule has 0 bridgehead atoms. The summed E-state index contributed by atoms with van der Waals surface area (Å²) < 4.78 is 18.0. The van der Waals surface area contributed by atoms with Crippen LogP contribution in [0.1, 0.15) is 6.42 Å². The van der Waals surface area contributed by atoms with Gasteiger partial charge in [-0.05, 0) is 42.5 Å². The van der Waals surface area contributed by atoms with E-state index in [0.717, 1.165) is 0 Å². The second-order valence-electron chi connectivity index (χ2n) is 6.17. The van der Waals surface area contributed by atoms with Gasteiger partial charge in [0.25, 0.3) is 5.91 Å². The molecule has 146 valence electrons. The highest BCUT2D eigenvalue weighted by Gasteiger charge is 2.36. The van der Waals surface area contributed by atoms with E-state index in [0.29, 0.717) is 16.4 Å². The lowest BCUT2D eigenvalue weighted by Gasteiger charge is -2.16. The van der Waals surface area contributed by atoms with Crippen LogP contribution in [0, 0.1) is 11.7 Å². The van der Waals surface area contributed by atoms with Crippen molar-refractivity contribution in [3.63, 3.8) is 0 Å². The maximum atomic E-state index is 13.0. The van der Waals surface area contributed by atoms with Crippen molar-refractivity contribution in [2.45, 2.75) is 6.42 Å². The van der Waals surface area contributed by atoms with Crippen LogP contribution in [0.15, 0.2) is 42.5 Å². The second-order valence-corrected chi connectivity index (χ2v) is 6.98. The SMILES string of the molecule is O=C(COC(=O)[C@H]1CC(=O)N(c2ccc(F)cc2)C1)Nc1ccc(Cl)c(Cl)c1. The molecule has 3 rings (SSSR count). The van der Waals surface area contributed by atoms with Crippen LogP contribution in [0.4, 0.5) is 15.8 Å². The average molecular weight is 425 g/mol. The molecule has 1 aliphatic rings.